The first kappa shape index (κ1) is 21.0. The Morgan fingerprint density at radius 2 is 1.73 bits per heavy atom. The smallest absolute Gasteiger partial charge is 0.254 e. The largest absolute Gasteiger partial charge is 0.347 e. The number of hydrogen-bond acceptors (Lipinski definition) is 5. The molecule has 0 bridgehead atoms. The molecular weight excluding hydrogens is 404 g/mol. The Labute approximate surface area is 177 Å². The second-order valence-corrected chi connectivity index (χ2v) is 9.45. The van der Waals surface area contributed by atoms with Crippen molar-refractivity contribution in [2.45, 2.75) is 37.0 Å². The van der Waals surface area contributed by atoms with Crippen molar-refractivity contribution in [3.05, 3.63) is 65.2 Å². The average molecular weight is 431 g/mol. The fraction of sp³-hybridized carbons (Fsp3) is 0.409. The molecule has 2 aliphatic rings. The van der Waals surface area contributed by atoms with Crippen molar-refractivity contribution in [1.82, 2.24) is 9.62 Å². The number of carbonyl (C=O) groups is 1. The van der Waals surface area contributed by atoms with Gasteiger partial charge in [0.15, 0.2) is 5.79 Å². The van der Waals surface area contributed by atoms with E-state index >= 15 is 0 Å². The Kier molecular flexibility index (Phi) is 5.92. The second-order valence-electron chi connectivity index (χ2n) is 7.69. The first-order chi connectivity index (χ1) is 14.4. The van der Waals surface area contributed by atoms with Crippen LogP contribution in [0.25, 0.3) is 0 Å². The summed E-state index contributed by atoms with van der Waals surface area (Å²) in [6, 6.07) is 14.0. The van der Waals surface area contributed by atoms with Crippen molar-refractivity contribution >= 4 is 15.9 Å². The predicted octanol–water partition coefficient (Wildman–Crippen LogP) is 2.45. The van der Waals surface area contributed by atoms with Gasteiger partial charge in [0.1, 0.15) is 0 Å². The summed E-state index contributed by atoms with van der Waals surface area (Å²) in [6.45, 7) is 4.21. The van der Waals surface area contributed by atoms with Crippen LogP contribution in [0, 0.1) is 6.92 Å². The summed E-state index contributed by atoms with van der Waals surface area (Å²) in [5.74, 6) is -0.723. The van der Waals surface area contributed by atoms with Crippen LogP contribution >= 0.6 is 0 Å². The van der Waals surface area contributed by atoms with E-state index in [1.165, 1.54) is 12.1 Å². The fourth-order valence-electron chi connectivity index (χ4n) is 3.86. The molecule has 2 aromatic carbocycles. The van der Waals surface area contributed by atoms with Crippen LogP contribution in [-0.2, 0) is 26.0 Å². The van der Waals surface area contributed by atoms with Gasteiger partial charge in [-0.15, -0.1) is 0 Å². The van der Waals surface area contributed by atoms with Gasteiger partial charge in [-0.1, -0.05) is 36.4 Å². The summed E-state index contributed by atoms with van der Waals surface area (Å²) in [6.07, 6.45) is 1.24. The van der Waals surface area contributed by atoms with Crippen LogP contribution in [0.3, 0.4) is 0 Å². The summed E-state index contributed by atoms with van der Waals surface area (Å²) in [7, 11) is -3.74. The lowest BCUT2D eigenvalue weighted by atomic mass is 10.0. The van der Waals surface area contributed by atoms with Gasteiger partial charge in [-0.2, -0.15) is 0 Å². The summed E-state index contributed by atoms with van der Waals surface area (Å²) in [5.41, 5.74) is 2.01. The number of ether oxygens (including phenoxy) is 2. The topological polar surface area (TPSA) is 84.9 Å². The van der Waals surface area contributed by atoms with Crippen LogP contribution < -0.4 is 4.72 Å². The van der Waals surface area contributed by atoms with Gasteiger partial charge in [0.05, 0.1) is 18.1 Å². The van der Waals surface area contributed by atoms with Crippen LogP contribution in [0.5, 0.6) is 0 Å². The van der Waals surface area contributed by atoms with E-state index < -0.39 is 15.8 Å². The first-order valence-electron chi connectivity index (χ1n) is 10.1. The quantitative estimate of drug-likeness (QED) is 0.788. The molecule has 30 heavy (non-hydrogen) atoms. The van der Waals surface area contributed by atoms with Crippen molar-refractivity contribution in [3.63, 3.8) is 0 Å². The number of amides is 1. The third-order valence-corrected chi connectivity index (χ3v) is 7.08. The normalized spacial score (nSPS) is 18.6. The van der Waals surface area contributed by atoms with Gasteiger partial charge in [0.2, 0.25) is 10.0 Å². The van der Waals surface area contributed by atoms with E-state index in [-0.39, 0.29) is 17.3 Å². The molecule has 0 radical (unpaired) electrons. The highest BCUT2D eigenvalue weighted by molar-refractivity contribution is 7.89. The third-order valence-electron chi connectivity index (χ3n) is 5.68. The standard InChI is InChI=1S/C22H26N2O5S/c1-17-7-8-19(30(26,27)23-16-18-5-3-2-4-6-18)15-20(17)21(25)24-11-9-22(10-12-24)28-13-14-29-22/h2-8,15,23H,9-14,16H2,1H3. The van der Waals surface area contributed by atoms with E-state index in [1.54, 1.807) is 11.0 Å². The van der Waals surface area contributed by atoms with Gasteiger partial charge in [-0.05, 0) is 30.2 Å². The van der Waals surface area contributed by atoms with Gasteiger partial charge in [0, 0.05) is 38.0 Å². The highest BCUT2D eigenvalue weighted by Crippen LogP contribution is 2.32. The van der Waals surface area contributed by atoms with E-state index in [0.717, 1.165) is 11.1 Å². The van der Waals surface area contributed by atoms with E-state index in [2.05, 4.69) is 4.72 Å². The summed E-state index contributed by atoms with van der Waals surface area (Å²) >= 11 is 0. The molecule has 0 atom stereocenters. The third kappa shape index (κ3) is 4.41. The van der Waals surface area contributed by atoms with Crippen LogP contribution in [0.15, 0.2) is 53.4 Å². The Morgan fingerprint density at radius 3 is 2.40 bits per heavy atom. The first-order valence-corrected chi connectivity index (χ1v) is 11.6. The summed E-state index contributed by atoms with van der Waals surface area (Å²) in [4.78, 5) is 14.9. The lowest BCUT2D eigenvalue weighted by molar-refractivity contribution is -0.181. The Morgan fingerprint density at radius 1 is 1.07 bits per heavy atom. The minimum absolute atomic E-state index is 0.0864. The number of piperidine rings is 1. The zero-order chi connectivity index (χ0) is 21.2. The molecule has 1 spiro atoms. The monoisotopic (exact) mass is 430 g/mol. The maximum Gasteiger partial charge on any atom is 0.254 e. The lowest BCUT2D eigenvalue weighted by Gasteiger charge is -2.37. The van der Waals surface area contributed by atoms with Crippen molar-refractivity contribution < 1.29 is 22.7 Å². The maximum absolute atomic E-state index is 13.1. The number of carbonyl (C=O) groups excluding carboxylic acids is 1. The fourth-order valence-corrected chi connectivity index (χ4v) is 4.91. The van der Waals surface area contributed by atoms with Crippen LogP contribution in [0.1, 0.15) is 34.3 Å². The average Bonchev–Trinajstić information content (AvgIpc) is 3.21. The van der Waals surface area contributed by atoms with Crippen molar-refractivity contribution in [3.8, 4) is 0 Å². The van der Waals surface area contributed by atoms with Crippen LogP contribution in [0.4, 0.5) is 0 Å². The van der Waals surface area contributed by atoms with Gasteiger partial charge >= 0.3 is 0 Å². The van der Waals surface area contributed by atoms with Gasteiger partial charge in [0.25, 0.3) is 5.91 Å². The van der Waals surface area contributed by atoms with Crippen molar-refractivity contribution in [1.29, 1.82) is 0 Å². The Bertz CT molecular complexity index is 1010. The molecular formula is C22H26N2O5S. The molecule has 160 valence electrons. The Balaban J connectivity index is 1.48. The minimum Gasteiger partial charge on any atom is -0.347 e. The van der Waals surface area contributed by atoms with E-state index in [1.807, 2.05) is 37.3 Å². The molecule has 1 N–H and O–H groups in total. The summed E-state index contributed by atoms with van der Waals surface area (Å²) in [5, 5.41) is 0. The van der Waals surface area contributed by atoms with Gasteiger partial charge < -0.3 is 14.4 Å². The molecule has 7 nitrogen and oxygen atoms in total. The maximum atomic E-state index is 13.1. The summed E-state index contributed by atoms with van der Waals surface area (Å²) < 4.78 is 39.6. The zero-order valence-corrected chi connectivity index (χ0v) is 17.8. The molecule has 0 unspecified atom stereocenters. The molecule has 0 aromatic heterocycles. The molecule has 8 heteroatoms. The SMILES string of the molecule is Cc1ccc(S(=O)(=O)NCc2ccccc2)cc1C(=O)N1CCC2(CC1)OCCO2. The number of hydrogen-bond donors (Lipinski definition) is 1. The number of likely N-dealkylation sites (tertiary alicyclic amines) is 1. The lowest BCUT2D eigenvalue weighted by Crippen LogP contribution is -2.47. The molecule has 2 aliphatic heterocycles. The van der Waals surface area contributed by atoms with Gasteiger partial charge in [-0.25, -0.2) is 13.1 Å². The molecule has 2 heterocycles. The van der Waals surface area contributed by atoms with Crippen molar-refractivity contribution in [2.24, 2.45) is 0 Å². The molecule has 4 rings (SSSR count). The number of benzene rings is 2. The molecule has 0 aliphatic carbocycles. The highest BCUT2D eigenvalue weighted by atomic mass is 32.2. The Hall–Kier alpha value is -2.26. The number of nitrogens with one attached hydrogen (secondary N) is 1. The molecule has 2 fully saturated rings. The molecule has 0 saturated carbocycles. The zero-order valence-electron chi connectivity index (χ0n) is 17.0. The minimum atomic E-state index is -3.74. The highest BCUT2D eigenvalue weighted by Gasteiger charge is 2.41. The molecule has 2 saturated heterocycles. The number of nitrogens with zero attached hydrogens (tertiary/aromatic N) is 1. The van der Waals surface area contributed by atoms with Crippen molar-refractivity contribution in [2.75, 3.05) is 26.3 Å². The van der Waals surface area contributed by atoms with Crippen LogP contribution in [-0.4, -0.2) is 51.3 Å². The number of aryl methyl sites for hydroxylation is 1. The van der Waals surface area contributed by atoms with E-state index in [0.29, 0.717) is 44.7 Å². The predicted molar refractivity (Wildman–Crippen MR) is 111 cm³/mol. The number of rotatable bonds is 5. The van der Waals surface area contributed by atoms with E-state index in [9.17, 15) is 13.2 Å². The number of sulfonamides is 1. The second kappa shape index (κ2) is 8.47. The van der Waals surface area contributed by atoms with E-state index in [4.69, 9.17) is 9.47 Å². The molecule has 2 aromatic rings. The van der Waals surface area contributed by atoms with Crippen LogP contribution in [0.2, 0.25) is 0 Å². The van der Waals surface area contributed by atoms with Gasteiger partial charge in [-0.3, -0.25) is 4.79 Å². The molecule has 1 amide bonds.